The molecule has 0 unspecified atom stereocenters. The zero-order valence-corrected chi connectivity index (χ0v) is 16.0. The molecule has 0 saturated heterocycles. The van der Waals surface area contributed by atoms with Crippen LogP contribution >= 0.6 is 15.9 Å². The maximum absolute atomic E-state index is 3.51. The first-order chi connectivity index (χ1) is 11.9. The van der Waals surface area contributed by atoms with E-state index in [0.717, 1.165) is 5.33 Å². The van der Waals surface area contributed by atoms with Crippen LogP contribution < -0.4 is 0 Å². The number of unbranched alkanes of at least 4 members (excludes halogenated alkanes) is 6. The standard InChI is InChI=1S/C23H27Br/c24-17-11-5-3-1-2-4-6-12-19-18-20-13-7-8-14-21(20)23-16-10-9-15-22(19)23/h7-10,13-16,18H,1-6,11-12,17H2. The van der Waals surface area contributed by atoms with Crippen LogP contribution in [0.25, 0.3) is 21.5 Å². The molecule has 0 heterocycles. The van der Waals surface area contributed by atoms with Crippen molar-refractivity contribution in [3.63, 3.8) is 0 Å². The zero-order valence-electron chi connectivity index (χ0n) is 14.4. The van der Waals surface area contributed by atoms with Crippen LogP contribution in [0.5, 0.6) is 0 Å². The molecule has 0 bridgehead atoms. The fraction of sp³-hybridized carbons (Fsp3) is 0.391. The largest absolute Gasteiger partial charge is 0.0928 e. The molecule has 0 radical (unpaired) electrons. The Kier molecular flexibility index (Phi) is 6.72. The van der Waals surface area contributed by atoms with Crippen LogP contribution in [0.1, 0.15) is 50.5 Å². The molecular formula is C23H27Br. The van der Waals surface area contributed by atoms with Gasteiger partial charge in [0.15, 0.2) is 0 Å². The lowest BCUT2D eigenvalue weighted by atomic mass is 9.94. The van der Waals surface area contributed by atoms with E-state index in [4.69, 9.17) is 0 Å². The van der Waals surface area contributed by atoms with Crippen LogP contribution in [-0.4, -0.2) is 5.33 Å². The number of hydrogen-bond acceptors (Lipinski definition) is 0. The summed E-state index contributed by atoms with van der Waals surface area (Å²) in [6.45, 7) is 0. The first-order valence-electron chi connectivity index (χ1n) is 9.35. The smallest absolute Gasteiger partial charge is 0.00313 e. The minimum Gasteiger partial charge on any atom is -0.0928 e. The van der Waals surface area contributed by atoms with Crippen LogP contribution in [0, 0.1) is 0 Å². The summed E-state index contributed by atoms with van der Waals surface area (Å²) in [6, 6.07) is 20.1. The number of rotatable bonds is 9. The van der Waals surface area contributed by atoms with Crippen molar-refractivity contribution in [2.24, 2.45) is 0 Å². The van der Waals surface area contributed by atoms with Gasteiger partial charge in [0.05, 0.1) is 0 Å². The summed E-state index contributed by atoms with van der Waals surface area (Å²) >= 11 is 3.51. The van der Waals surface area contributed by atoms with Gasteiger partial charge in [0.1, 0.15) is 0 Å². The quantitative estimate of drug-likeness (QED) is 0.202. The lowest BCUT2D eigenvalue weighted by Gasteiger charge is -2.10. The molecule has 0 aromatic heterocycles. The minimum absolute atomic E-state index is 1.15. The normalized spacial score (nSPS) is 11.4. The number of alkyl halides is 1. The van der Waals surface area contributed by atoms with Crippen LogP contribution in [0.15, 0.2) is 54.6 Å². The molecule has 0 fully saturated rings. The molecule has 0 saturated carbocycles. The van der Waals surface area contributed by atoms with Gasteiger partial charge in [0.2, 0.25) is 0 Å². The van der Waals surface area contributed by atoms with Crippen LogP contribution in [0.4, 0.5) is 0 Å². The molecule has 0 atom stereocenters. The van der Waals surface area contributed by atoms with Gasteiger partial charge in [-0.15, -0.1) is 0 Å². The Bertz CT molecular complexity index is 775. The van der Waals surface area contributed by atoms with Gasteiger partial charge < -0.3 is 0 Å². The number of halogens is 1. The van der Waals surface area contributed by atoms with Crippen LogP contribution in [-0.2, 0) is 6.42 Å². The summed E-state index contributed by atoms with van der Waals surface area (Å²) < 4.78 is 0. The SMILES string of the molecule is BrCCCCCCCCCc1cc2ccccc2c2ccccc12. The Hall–Kier alpha value is -1.34. The first-order valence-corrected chi connectivity index (χ1v) is 10.5. The lowest BCUT2D eigenvalue weighted by Crippen LogP contribution is -1.90. The van der Waals surface area contributed by atoms with E-state index in [1.165, 1.54) is 78.5 Å². The summed E-state index contributed by atoms with van der Waals surface area (Å²) in [5, 5.41) is 6.75. The molecule has 3 rings (SSSR count). The van der Waals surface area contributed by atoms with Gasteiger partial charge in [0.25, 0.3) is 0 Å². The average Bonchev–Trinajstić information content (AvgIpc) is 2.64. The molecule has 126 valence electrons. The minimum atomic E-state index is 1.15. The Balaban J connectivity index is 1.64. The van der Waals surface area contributed by atoms with Crippen LogP contribution in [0.2, 0.25) is 0 Å². The summed E-state index contributed by atoms with van der Waals surface area (Å²) in [4.78, 5) is 0. The van der Waals surface area contributed by atoms with Crippen molar-refractivity contribution < 1.29 is 0 Å². The van der Waals surface area contributed by atoms with Crippen LogP contribution in [0.3, 0.4) is 0 Å². The maximum atomic E-state index is 3.51. The summed E-state index contributed by atoms with van der Waals surface area (Å²) in [5.74, 6) is 0. The number of aryl methyl sites for hydroxylation is 1. The van der Waals surface area contributed by atoms with E-state index in [0.29, 0.717) is 0 Å². The predicted octanol–water partition coefficient (Wildman–Crippen LogP) is 7.66. The lowest BCUT2D eigenvalue weighted by molar-refractivity contribution is 0.592. The second kappa shape index (κ2) is 9.22. The fourth-order valence-corrected chi connectivity index (χ4v) is 4.03. The maximum Gasteiger partial charge on any atom is 0.00313 e. The van der Waals surface area contributed by atoms with Crippen molar-refractivity contribution in [2.45, 2.75) is 51.4 Å². The summed E-state index contributed by atoms with van der Waals surface area (Å²) in [5.41, 5.74) is 1.52. The molecule has 0 aliphatic carbocycles. The van der Waals surface area contributed by atoms with E-state index < -0.39 is 0 Å². The molecule has 3 aromatic carbocycles. The molecule has 1 heteroatoms. The Morgan fingerprint density at radius 2 is 1.17 bits per heavy atom. The third-order valence-electron chi connectivity index (χ3n) is 4.93. The number of fused-ring (bicyclic) bond motifs is 3. The third-order valence-corrected chi connectivity index (χ3v) is 5.49. The molecule has 0 spiro atoms. The topological polar surface area (TPSA) is 0 Å². The van der Waals surface area contributed by atoms with E-state index in [-0.39, 0.29) is 0 Å². The monoisotopic (exact) mass is 382 g/mol. The molecule has 0 nitrogen and oxygen atoms in total. The third kappa shape index (κ3) is 4.39. The highest BCUT2D eigenvalue weighted by Crippen LogP contribution is 2.29. The number of benzene rings is 3. The first kappa shape index (κ1) is 17.5. The Morgan fingerprint density at radius 3 is 1.92 bits per heavy atom. The average molecular weight is 383 g/mol. The van der Waals surface area contributed by atoms with E-state index in [9.17, 15) is 0 Å². The van der Waals surface area contributed by atoms with Crippen molar-refractivity contribution in [3.05, 3.63) is 60.2 Å². The van der Waals surface area contributed by atoms with Gasteiger partial charge in [-0.1, -0.05) is 103 Å². The second-order valence-electron chi connectivity index (χ2n) is 6.72. The summed E-state index contributed by atoms with van der Waals surface area (Å²) in [7, 11) is 0. The van der Waals surface area contributed by atoms with Crippen molar-refractivity contribution in [3.8, 4) is 0 Å². The van der Waals surface area contributed by atoms with Crippen molar-refractivity contribution >= 4 is 37.5 Å². The molecule has 0 aliphatic heterocycles. The van der Waals surface area contributed by atoms with E-state index in [1.807, 2.05) is 0 Å². The van der Waals surface area contributed by atoms with Crippen molar-refractivity contribution in [1.82, 2.24) is 0 Å². The Labute approximate surface area is 154 Å². The Morgan fingerprint density at radius 1 is 0.583 bits per heavy atom. The van der Waals surface area contributed by atoms with Crippen molar-refractivity contribution in [2.75, 3.05) is 5.33 Å². The molecular weight excluding hydrogens is 356 g/mol. The highest BCUT2D eigenvalue weighted by molar-refractivity contribution is 9.09. The number of hydrogen-bond donors (Lipinski definition) is 0. The fourth-order valence-electron chi connectivity index (χ4n) is 3.63. The predicted molar refractivity (Wildman–Crippen MR) is 111 cm³/mol. The molecule has 3 aromatic rings. The zero-order chi connectivity index (χ0) is 16.6. The molecule has 0 aliphatic rings. The molecule has 24 heavy (non-hydrogen) atoms. The van der Waals surface area contributed by atoms with Gasteiger partial charge in [-0.05, 0) is 46.4 Å². The molecule has 0 amide bonds. The highest BCUT2D eigenvalue weighted by atomic mass is 79.9. The van der Waals surface area contributed by atoms with Gasteiger partial charge in [-0.2, -0.15) is 0 Å². The van der Waals surface area contributed by atoms with E-state index >= 15 is 0 Å². The van der Waals surface area contributed by atoms with Gasteiger partial charge in [-0.25, -0.2) is 0 Å². The highest BCUT2D eigenvalue weighted by Gasteiger charge is 2.05. The van der Waals surface area contributed by atoms with Gasteiger partial charge in [0, 0.05) is 5.33 Å². The van der Waals surface area contributed by atoms with E-state index in [1.54, 1.807) is 0 Å². The second-order valence-corrected chi connectivity index (χ2v) is 7.51. The van der Waals surface area contributed by atoms with E-state index in [2.05, 4.69) is 70.5 Å². The van der Waals surface area contributed by atoms with Crippen molar-refractivity contribution in [1.29, 1.82) is 0 Å². The molecule has 0 N–H and O–H groups in total. The van der Waals surface area contributed by atoms with Gasteiger partial charge in [-0.3, -0.25) is 0 Å². The van der Waals surface area contributed by atoms with Gasteiger partial charge >= 0.3 is 0 Å². The summed E-state index contributed by atoms with van der Waals surface area (Å²) in [6.07, 6.45) is 10.7.